The molecule has 0 aliphatic rings. The van der Waals surface area contributed by atoms with E-state index in [1.807, 2.05) is 0 Å². The molecule has 0 bridgehead atoms. The first kappa shape index (κ1) is 15.6. The molecule has 0 aliphatic heterocycles. The van der Waals surface area contributed by atoms with Crippen molar-refractivity contribution in [3.8, 4) is 0 Å². The van der Waals surface area contributed by atoms with E-state index in [1.165, 1.54) is 11.3 Å². The van der Waals surface area contributed by atoms with Gasteiger partial charge in [-0.2, -0.15) is 0 Å². The standard InChI is InChI=1S/C17H26N2/c1-7-17(13(2)3)18-14(4)16-10-8-15(9-11-16)12-19(5)6/h8-11,13H,4,7,12H2,1-3,5-6H3. The van der Waals surface area contributed by atoms with Crippen molar-refractivity contribution >= 4 is 11.4 Å². The maximum Gasteiger partial charge on any atom is 0.0629 e. The highest BCUT2D eigenvalue weighted by Gasteiger charge is 2.05. The van der Waals surface area contributed by atoms with Crippen LogP contribution in [0.3, 0.4) is 0 Å². The van der Waals surface area contributed by atoms with Crippen LogP contribution < -0.4 is 0 Å². The summed E-state index contributed by atoms with van der Waals surface area (Å²) in [6, 6.07) is 8.52. The van der Waals surface area contributed by atoms with Gasteiger partial charge in [0.05, 0.1) is 5.70 Å². The van der Waals surface area contributed by atoms with E-state index in [0.717, 1.165) is 24.2 Å². The van der Waals surface area contributed by atoms with Crippen LogP contribution in [-0.2, 0) is 6.54 Å². The number of benzene rings is 1. The van der Waals surface area contributed by atoms with Gasteiger partial charge in [-0.3, -0.25) is 4.99 Å². The summed E-state index contributed by atoms with van der Waals surface area (Å²) in [5.41, 5.74) is 4.49. The molecule has 2 heteroatoms. The first-order valence-corrected chi connectivity index (χ1v) is 6.94. The number of rotatable bonds is 6. The molecule has 0 heterocycles. The molecule has 0 spiro atoms. The Kier molecular flexibility index (Phi) is 5.97. The van der Waals surface area contributed by atoms with Crippen molar-refractivity contribution in [3.63, 3.8) is 0 Å². The lowest BCUT2D eigenvalue weighted by molar-refractivity contribution is 0.402. The highest BCUT2D eigenvalue weighted by molar-refractivity contribution is 5.90. The molecule has 0 radical (unpaired) electrons. The molecule has 0 saturated heterocycles. The van der Waals surface area contributed by atoms with E-state index in [0.29, 0.717) is 5.92 Å². The van der Waals surface area contributed by atoms with Gasteiger partial charge in [-0.15, -0.1) is 0 Å². The Labute approximate surface area is 117 Å². The van der Waals surface area contributed by atoms with Crippen molar-refractivity contribution in [2.75, 3.05) is 14.1 Å². The average Bonchev–Trinajstić information content (AvgIpc) is 2.35. The van der Waals surface area contributed by atoms with Crippen LogP contribution >= 0.6 is 0 Å². The molecule has 2 nitrogen and oxygen atoms in total. The van der Waals surface area contributed by atoms with Gasteiger partial charge in [-0.05, 0) is 37.6 Å². The molecule has 0 N–H and O–H groups in total. The van der Waals surface area contributed by atoms with E-state index >= 15 is 0 Å². The van der Waals surface area contributed by atoms with Gasteiger partial charge in [0.15, 0.2) is 0 Å². The topological polar surface area (TPSA) is 15.6 Å². The van der Waals surface area contributed by atoms with Gasteiger partial charge in [0, 0.05) is 12.3 Å². The predicted molar refractivity (Wildman–Crippen MR) is 85.4 cm³/mol. The second-order valence-electron chi connectivity index (χ2n) is 5.49. The fourth-order valence-corrected chi connectivity index (χ4v) is 2.02. The predicted octanol–water partition coefficient (Wildman–Crippen LogP) is 4.23. The van der Waals surface area contributed by atoms with Gasteiger partial charge in [0.1, 0.15) is 0 Å². The number of hydrogen-bond donors (Lipinski definition) is 0. The lowest BCUT2D eigenvalue weighted by Gasteiger charge is -2.11. The summed E-state index contributed by atoms with van der Waals surface area (Å²) >= 11 is 0. The average molecular weight is 258 g/mol. The minimum absolute atomic E-state index is 0.481. The Morgan fingerprint density at radius 2 is 1.79 bits per heavy atom. The second kappa shape index (κ2) is 7.25. The third-order valence-corrected chi connectivity index (χ3v) is 3.09. The van der Waals surface area contributed by atoms with Crippen molar-refractivity contribution in [1.29, 1.82) is 0 Å². The van der Waals surface area contributed by atoms with Crippen LogP contribution in [0.5, 0.6) is 0 Å². The van der Waals surface area contributed by atoms with Gasteiger partial charge in [-0.25, -0.2) is 0 Å². The molecule has 0 aliphatic carbocycles. The van der Waals surface area contributed by atoms with E-state index < -0.39 is 0 Å². The zero-order valence-corrected chi connectivity index (χ0v) is 12.9. The normalized spacial score (nSPS) is 12.3. The number of nitrogens with zero attached hydrogens (tertiary/aromatic N) is 2. The summed E-state index contributed by atoms with van der Waals surface area (Å²) in [6.07, 6.45) is 0.982. The lowest BCUT2D eigenvalue weighted by atomic mass is 10.0. The fraction of sp³-hybridized carbons (Fsp3) is 0.471. The zero-order chi connectivity index (χ0) is 14.4. The van der Waals surface area contributed by atoms with Crippen LogP contribution in [0.15, 0.2) is 35.8 Å². The van der Waals surface area contributed by atoms with Gasteiger partial charge in [0.25, 0.3) is 0 Å². The molecule has 104 valence electrons. The Morgan fingerprint density at radius 3 is 2.21 bits per heavy atom. The Morgan fingerprint density at radius 1 is 1.21 bits per heavy atom. The summed E-state index contributed by atoms with van der Waals surface area (Å²) in [7, 11) is 4.15. The monoisotopic (exact) mass is 258 g/mol. The largest absolute Gasteiger partial charge is 0.305 e. The Balaban J connectivity index is 2.83. The maximum atomic E-state index is 4.67. The molecule has 0 unspecified atom stereocenters. The van der Waals surface area contributed by atoms with Gasteiger partial charge in [0.2, 0.25) is 0 Å². The third-order valence-electron chi connectivity index (χ3n) is 3.09. The van der Waals surface area contributed by atoms with Crippen molar-refractivity contribution in [2.45, 2.75) is 33.7 Å². The summed E-state index contributed by atoms with van der Waals surface area (Å²) in [5.74, 6) is 0.481. The quantitative estimate of drug-likeness (QED) is 0.697. The smallest absolute Gasteiger partial charge is 0.0629 e. The van der Waals surface area contributed by atoms with E-state index in [9.17, 15) is 0 Å². The first-order chi connectivity index (χ1) is 8.93. The molecule has 0 aromatic heterocycles. The molecule has 0 fully saturated rings. The lowest BCUT2D eigenvalue weighted by Crippen LogP contribution is -2.10. The molecule has 1 aromatic carbocycles. The van der Waals surface area contributed by atoms with Gasteiger partial charge in [-0.1, -0.05) is 51.6 Å². The maximum absolute atomic E-state index is 4.67. The van der Waals surface area contributed by atoms with Crippen molar-refractivity contribution in [2.24, 2.45) is 10.9 Å². The molecular formula is C17H26N2. The van der Waals surface area contributed by atoms with Crippen molar-refractivity contribution in [3.05, 3.63) is 42.0 Å². The van der Waals surface area contributed by atoms with Crippen LogP contribution in [0.4, 0.5) is 0 Å². The Hall–Kier alpha value is -1.41. The van der Waals surface area contributed by atoms with Gasteiger partial charge < -0.3 is 4.90 Å². The van der Waals surface area contributed by atoms with Crippen molar-refractivity contribution in [1.82, 2.24) is 4.90 Å². The zero-order valence-electron chi connectivity index (χ0n) is 12.9. The summed E-state index contributed by atoms with van der Waals surface area (Å²) < 4.78 is 0. The number of aliphatic imine (C=N–C) groups is 1. The van der Waals surface area contributed by atoms with Crippen molar-refractivity contribution < 1.29 is 0 Å². The molecule has 19 heavy (non-hydrogen) atoms. The molecule has 1 aromatic rings. The van der Waals surface area contributed by atoms with E-state index in [-0.39, 0.29) is 0 Å². The Bertz CT molecular complexity index is 439. The number of hydrogen-bond acceptors (Lipinski definition) is 2. The first-order valence-electron chi connectivity index (χ1n) is 6.94. The van der Waals surface area contributed by atoms with Crippen LogP contribution in [0.1, 0.15) is 38.3 Å². The van der Waals surface area contributed by atoms with Crippen LogP contribution in [0.25, 0.3) is 5.70 Å². The molecule has 0 atom stereocenters. The van der Waals surface area contributed by atoms with E-state index in [2.05, 4.69) is 75.6 Å². The minimum Gasteiger partial charge on any atom is -0.305 e. The SMILES string of the molecule is C=C(N=C(CC)C(C)C)c1ccc(CN(C)C)cc1. The van der Waals surface area contributed by atoms with Crippen LogP contribution in [0.2, 0.25) is 0 Å². The summed E-state index contributed by atoms with van der Waals surface area (Å²) in [5, 5.41) is 0. The van der Waals surface area contributed by atoms with Crippen LogP contribution in [-0.4, -0.2) is 24.7 Å². The van der Waals surface area contributed by atoms with E-state index in [4.69, 9.17) is 0 Å². The minimum atomic E-state index is 0.481. The molecule has 0 amide bonds. The summed E-state index contributed by atoms with van der Waals surface area (Å²) in [4.78, 5) is 6.83. The second-order valence-corrected chi connectivity index (χ2v) is 5.49. The van der Waals surface area contributed by atoms with E-state index in [1.54, 1.807) is 0 Å². The highest BCUT2D eigenvalue weighted by Crippen LogP contribution is 2.17. The van der Waals surface area contributed by atoms with Crippen LogP contribution in [0, 0.1) is 5.92 Å². The highest BCUT2D eigenvalue weighted by atomic mass is 15.0. The third kappa shape index (κ3) is 4.99. The molecule has 1 rings (SSSR count). The fourth-order valence-electron chi connectivity index (χ4n) is 2.02. The molecular weight excluding hydrogens is 232 g/mol. The molecule has 0 saturated carbocycles. The summed E-state index contributed by atoms with van der Waals surface area (Å²) in [6.45, 7) is 11.5. The van der Waals surface area contributed by atoms with Gasteiger partial charge >= 0.3 is 0 Å².